The van der Waals surface area contributed by atoms with E-state index < -0.39 is 0 Å². The van der Waals surface area contributed by atoms with Gasteiger partial charge in [-0.3, -0.25) is 0 Å². The number of nitrogens with zero attached hydrogens (tertiary/aromatic N) is 3. The maximum absolute atomic E-state index is 5.83. The minimum Gasteiger partial charge on any atom is -0.331 e. The molecule has 0 aliphatic heterocycles. The summed E-state index contributed by atoms with van der Waals surface area (Å²) in [5, 5.41) is 0. The quantitative estimate of drug-likeness (QED) is 0.580. The van der Waals surface area contributed by atoms with Gasteiger partial charge in [-0.15, -0.1) is 0 Å². The average molecular weight is 187 g/mol. The van der Waals surface area contributed by atoms with Crippen LogP contribution in [0.15, 0.2) is 24.3 Å². The van der Waals surface area contributed by atoms with Gasteiger partial charge >= 0.3 is 0 Å². The molecule has 3 heteroatoms. The molecule has 3 nitrogen and oxygen atoms in total. The van der Waals surface area contributed by atoms with E-state index in [1.807, 2.05) is 32.2 Å². The maximum atomic E-state index is 5.83. The summed E-state index contributed by atoms with van der Waals surface area (Å²) in [6.07, 6.45) is 0. The molecule has 0 spiro atoms. The molecule has 0 saturated carbocycles. The van der Waals surface area contributed by atoms with Gasteiger partial charge in [0.15, 0.2) is 0 Å². The van der Waals surface area contributed by atoms with Crippen molar-refractivity contribution in [2.75, 3.05) is 7.05 Å². The Bertz CT molecular complexity index is 463. The van der Waals surface area contributed by atoms with Crippen LogP contribution in [0.3, 0.4) is 0 Å². The highest BCUT2D eigenvalue weighted by Gasteiger charge is 2.00. The van der Waals surface area contributed by atoms with Gasteiger partial charge in [-0.25, -0.2) is 11.6 Å². The summed E-state index contributed by atoms with van der Waals surface area (Å²) in [4.78, 5) is 7.13. The van der Waals surface area contributed by atoms with Gasteiger partial charge in [-0.1, -0.05) is 12.1 Å². The second-order valence-electron chi connectivity index (χ2n) is 2.93. The van der Waals surface area contributed by atoms with Crippen LogP contribution in [0, 0.1) is 13.5 Å². The van der Waals surface area contributed by atoms with Gasteiger partial charge in [0.05, 0.1) is 11.0 Å². The van der Waals surface area contributed by atoms with Gasteiger partial charge in [0.1, 0.15) is 5.82 Å². The van der Waals surface area contributed by atoms with Crippen molar-refractivity contribution in [3.05, 3.63) is 41.5 Å². The highest BCUT2D eigenvalue weighted by molar-refractivity contribution is 5.75. The minimum atomic E-state index is 1.06. The van der Waals surface area contributed by atoms with E-state index in [1.165, 1.54) is 12.6 Å². The Balaban J connectivity index is 0.000000293. The van der Waals surface area contributed by atoms with Crippen LogP contribution < -0.4 is 0 Å². The monoisotopic (exact) mass is 187 g/mol. The lowest BCUT2D eigenvalue weighted by Crippen LogP contribution is -1.89. The molecule has 0 fully saturated rings. The van der Waals surface area contributed by atoms with E-state index >= 15 is 0 Å². The summed E-state index contributed by atoms with van der Waals surface area (Å²) in [5.74, 6) is 1.06. The molecule has 0 aliphatic carbocycles. The molecule has 14 heavy (non-hydrogen) atoms. The molecule has 0 atom stereocenters. The van der Waals surface area contributed by atoms with Crippen molar-refractivity contribution in [3.63, 3.8) is 0 Å². The second kappa shape index (κ2) is 4.43. The van der Waals surface area contributed by atoms with Crippen LogP contribution >= 0.6 is 0 Å². The first-order valence-corrected chi connectivity index (χ1v) is 4.34. The molecule has 72 valence electrons. The number of para-hydroxylation sites is 2. The van der Waals surface area contributed by atoms with Crippen molar-refractivity contribution in [2.45, 2.75) is 6.92 Å². The first-order valence-electron chi connectivity index (χ1n) is 4.34. The Morgan fingerprint density at radius 2 is 1.93 bits per heavy atom. The lowest BCUT2D eigenvalue weighted by Gasteiger charge is -1.93. The number of aryl methyl sites for hydroxylation is 2. The van der Waals surface area contributed by atoms with Gasteiger partial charge in [-0.05, 0) is 19.1 Å². The van der Waals surface area contributed by atoms with Crippen LogP contribution in [0.4, 0.5) is 0 Å². The fourth-order valence-electron chi connectivity index (χ4n) is 1.27. The Kier molecular flexibility index (Phi) is 3.24. The Labute approximate surface area is 83.8 Å². The topological polar surface area (TPSA) is 22.2 Å². The number of hydrogen-bond acceptors (Lipinski definition) is 1. The highest BCUT2D eigenvalue weighted by Crippen LogP contribution is 2.12. The van der Waals surface area contributed by atoms with E-state index in [-0.39, 0.29) is 0 Å². The van der Waals surface area contributed by atoms with Gasteiger partial charge < -0.3 is 9.41 Å². The SMILES string of the molecule is Cc1nc2ccccc2n1C.[C-]#[N+]C. The lowest BCUT2D eigenvalue weighted by atomic mass is 10.3. The predicted octanol–water partition coefficient (Wildman–Crippen LogP) is 2.42. The molecule has 0 aliphatic rings. The molecule has 0 radical (unpaired) electrons. The summed E-state index contributed by atoms with van der Waals surface area (Å²) >= 11 is 0. The zero-order valence-corrected chi connectivity index (χ0v) is 8.65. The largest absolute Gasteiger partial charge is 0.331 e. The fourth-order valence-corrected chi connectivity index (χ4v) is 1.27. The van der Waals surface area contributed by atoms with E-state index in [1.54, 1.807) is 0 Å². The number of hydrogen-bond donors (Lipinski definition) is 0. The Morgan fingerprint density at radius 1 is 1.36 bits per heavy atom. The van der Waals surface area contributed by atoms with Crippen LogP contribution in [0.1, 0.15) is 5.82 Å². The van der Waals surface area contributed by atoms with Crippen LogP contribution in [-0.2, 0) is 7.05 Å². The third kappa shape index (κ3) is 1.91. The third-order valence-electron chi connectivity index (χ3n) is 2.01. The zero-order chi connectivity index (χ0) is 10.6. The number of fused-ring (bicyclic) bond motifs is 1. The fraction of sp³-hybridized carbons (Fsp3) is 0.273. The number of imidazole rings is 1. The van der Waals surface area contributed by atoms with Crippen LogP contribution in [-0.4, -0.2) is 16.6 Å². The summed E-state index contributed by atoms with van der Waals surface area (Å²) in [7, 11) is 3.45. The van der Waals surface area contributed by atoms with Crippen molar-refractivity contribution in [3.8, 4) is 0 Å². The molecule has 0 saturated heterocycles. The molecule has 2 rings (SSSR count). The van der Waals surface area contributed by atoms with Gasteiger partial charge in [0, 0.05) is 7.05 Å². The average Bonchev–Trinajstić information content (AvgIpc) is 2.45. The van der Waals surface area contributed by atoms with Crippen molar-refractivity contribution in [2.24, 2.45) is 7.05 Å². The Morgan fingerprint density at radius 3 is 2.50 bits per heavy atom. The van der Waals surface area contributed by atoms with Crippen molar-refractivity contribution in [1.29, 1.82) is 0 Å². The van der Waals surface area contributed by atoms with Gasteiger partial charge in [0.25, 0.3) is 0 Å². The third-order valence-corrected chi connectivity index (χ3v) is 2.01. The first kappa shape index (κ1) is 10.3. The van der Waals surface area contributed by atoms with Gasteiger partial charge in [-0.2, -0.15) is 0 Å². The van der Waals surface area contributed by atoms with Crippen molar-refractivity contribution < 1.29 is 0 Å². The maximum Gasteiger partial charge on any atom is 0.205 e. The molecular formula is C11H13N3. The minimum absolute atomic E-state index is 1.06. The van der Waals surface area contributed by atoms with Gasteiger partial charge in [0.2, 0.25) is 7.05 Å². The molecule has 2 aromatic rings. The predicted molar refractivity (Wildman–Crippen MR) is 58.0 cm³/mol. The molecule has 1 heterocycles. The molecular weight excluding hydrogens is 174 g/mol. The number of aromatic nitrogens is 2. The summed E-state index contributed by atoms with van der Waals surface area (Å²) in [6, 6.07) is 8.15. The van der Waals surface area contributed by atoms with E-state index in [2.05, 4.69) is 20.5 Å². The van der Waals surface area contributed by atoms with E-state index in [4.69, 9.17) is 6.57 Å². The van der Waals surface area contributed by atoms with E-state index in [0.29, 0.717) is 0 Å². The second-order valence-corrected chi connectivity index (χ2v) is 2.93. The molecule has 0 bridgehead atoms. The first-order chi connectivity index (χ1) is 6.70. The van der Waals surface area contributed by atoms with E-state index in [9.17, 15) is 0 Å². The molecule has 1 aromatic carbocycles. The summed E-state index contributed by atoms with van der Waals surface area (Å²) < 4.78 is 2.09. The highest BCUT2D eigenvalue weighted by atomic mass is 15.0. The van der Waals surface area contributed by atoms with E-state index in [0.717, 1.165) is 11.3 Å². The summed E-state index contributed by atoms with van der Waals surface area (Å²) in [5.41, 5.74) is 2.28. The van der Waals surface area contributed by atoms with Crippen molar-refractivity contribution in [1.82, 2.24) is 9.55 Å². The van der Waals surface area contributed by atoms with Crippen molar-refractivity contribution >= 4 is 11.0 Å². The normalized spacial score (nSPS) is 9.00. The number of rotatable bonds is 0. The summed E-state index contributed by atoms with van der Waals surface area (Å²) in [6.45, 7) is 7.85. The number of benzene rings is 1. The van der Waals surface area contributed by atoms with Crippen LogP contribution in [0.25, 0.3) is 15.9 Å². The molecule has 1 aromatic heterocycles. The lowest BCUT2D eigenvalue weighted by molar-refractivity contribution is 0.886. The zero-order valence-electron chi connectivity index (χ0n) is 8.65. The van der Waals surface area contributed by atoms with Crippen LogP contribution in [0.5, 0.6) is 0 Å². The van der Waals surface area contributed by atoms with Crippen LogP contribution in [0.2, 0.25) is 0 Å². The molecule has 0 N–H and O–H groups in total. The smallest absolute Gasteiger partial charge is 0.205 e. The molecule has 0 unspecified atom stereocenters. The molecule has 0 amide bonds. The standard InChI is InChI=1S/C9H10N2.C2H3N/c1-7-10-8-5-3-4-6-9(8)11(7)2;1-3-2/h3-6H,1-2H3;1H3. The Hall–Kier alpha value is -1.82.